The molecule has 0 aliphatic heterocycles. The number of aryl methyl sites for hydroxylation is 1. The zero-order valence-electron chi connectivity index (χ0n) is 15.3. The van der Waals surface area contributed by atoms with E-state index in [1.807, 2.05) is 37.3 Å². The van der Waals surface area contributed by atoms with E-state index in [0.717, 1.165) is 24.0 Å². The lowest BCUT2D eigenvalue weighted by atomic mass is 10.0. The van der Waals surface area contributed by atoms with Crippen molar-refractivity contribution in [3.05, 3.63) is 59.3 Å². The number of hydrogen-bond donors (Lipinski definition) is 1. The predicted octanol–water partition coefficient (Wildman–Crippen LogP) is 4.24. The van der Waals surface area contributed by atoms with Crippen LogP contribution in [0.2, 0.25) is 0 Å². The Bertz CT molecular complexity index is 820. The highest BCUT2D eigenvalue weighted by atomic mass is 16.5. The highest BCUT2D eigenvalue weighted by Crippen LogP contribution is 2.23. The predicted molar refractivity (Wildman–Crippen MR) is 102 cm³/mol. The summed E-state index contributed by atoms with van der Waals surface area (Å²) in [7, 11) is 0. The maximum absolute atomic E-state index is 11.0. The molecule has 2 rings (SSSR count). The molecule has 0 aliphatic carbocycles. The van der Waals surface area contributed by atoms with Gasteiger partial charge in [-0.15, -0.1) is 0 Å². The van der Waals surface area contributed by atoms with Crippen molar-refractivity contribution in [2.24, 2.45) is 0 Å². The van der Waals surface area contributed by atoms with Gasteiger partial charge in [-0.05, 0) is 42.7 Å². The van der Waals surface area contributed by atoms with Crippen molar-refractivity contribution in [3.63, 3.8) is 0 Å². The molecule has 2 aromatic rings. The van der Waals surface area contributed by atoms with Gasteiger partial charge in [0.15, 0.2) is 0 Å². The minimum atomic E-state index is -0.0642. The SMILES string of the molecule is CCCc1ccc(Oc2ccc(/C=C/[C@H](C)NC(C)=O)cn2)cc1C#N. The number of amides is 1. The van der Waals surface area contributed by atoms with Crippen LogP contribution in [0.3, 0.4) is 0 Å². The maximum atomic E-state index is 11.0. The smallest absolute Gasteiger partial charge is 0.219 e. The van der Waals surface area contributed by atoms with E-state index in [4.69, 9.17) is 4.74 Å². The van der Waals surface area contributed by atoms with Gasteiger partial charge in [0.2, 0.25) is 11.8 Å². The lowest BCUT2D eigenvalue weighted by Gasteiger charge is -2.08. The van der Waals surface area contributed by atoms with Gasteiger partial charge in [0.05, 0.1) is 11.6 Å². The lowest BCUT2D eigenvalue weighted by Crippen LogP contribution is -2.28. The number of ether oxygens (including phenoxy) is 1. The molecule has 0 aliphatic rings. The zero-order valence-corrected chi connectivity index (χ0v) is 15.3. The number of nitrogens with zero attached hydrogens (tertiary/aromatic N) is 2. The summed E-state index contributed by atoms with van der Waals surface area (Å²) >= 11 is 0. The van der Waals surface area contributed by atoms with Crippen LogP contribution in [0.4, 0.5) is 0 Å². The molecule has 134 valence electrons. The van der Waals surface area contributed by atoms with Crippen LogP contribution in [0.1, 0.15) is 43.9 Å². The van der Waals surface area contributed by atoms with Crippen LogP contribution in [0.15, 0.2) is 42.6 Å². The Labute approximate surface area is 154 Å². The Kier molecular flexibility index (Phi) is 6.92. The monoisotopic (exact) mass is 349 g/mol. The number of hydrogen-bond acceptors (Lipinski definition) is 4. The number of benzene rings is 1. The average Bonchev–Trinajstić information content (AvgIpc) is 2.62. The van der Waals surface area contributed by atoms with E-state index in [9.17, 15) is 10.1 Å². The lowest BCUT2D eigenvalue weighted by molar-refractivity contribution is -0.119. The van der Waals surface area contributed by atoms with Crippen LogP contribution < -0.4 is 10.1 Å². The van der Waals surface area contributed by atoms with Crippen molar-refractivity contribution in [3.8, 4) is 17.7 Å². The fraction of sp³-hybridized carbons (Fsp3) is 0.286. The van der Waals surface area contributed by atoms with Gasteiger partial charge < -0.3 is 10.1 Å². The standard InChI is InChI=1S/C21H23N3O2/c1-4-5-18-9-10-20(12-19(18)13-22)26-21-11-8-17(14-23-21)7-6-15(2)24-16(3)25/h6-12,14-15H,4-5H2,1-3H3,(H,24,25)/b7-6+/t15-/m0/s1. The second kappa shape index (κ2) is 9.38. The average molecular weight is 349 g/mol. The maximum Gasteiger partial charge on any atom is 0.219 e. The summed E-state index contributed by atoms with van der Waals surface area (Å²) in [5.74, 6) is 0.992. The molecule has 0 bridgehead atoms. The van der Waals surface area contributed by atoms with Gasteiger partial charge in [-0.1, -0.05) is 31.6 Å². The molecule has 26 heavy (non-hydrogen) atoms. The van der Waals surface area contributed by atoms with E-state index < -0.39 is 0 Å². The second-order valence-corrected chi connectivity index (χ2v) is 6.06. The van der Waals surface area contributed by atoms with E-state index >= 15 is 0 Å². The van der Waals surface area contributed by atoms with Crippen molar-refractivity contribution >= 4 is 12.0 Å². The summed E-state index contributed by atoms with van der Waals surface area (Å²) in [5.41, 5.74) is 2.57. The van der Waals surface area contributed by atoms with Gasteiger partial charge in [0, 0.05) is 25.2 Å². The topological polar surface area (TPSA) is 75.0 Å². The van der Waals surface area contributed by atoms with Crippen molar-refractivity contribution < 1.29 is 9.53 Å². The number of carbonyl (C=O) groups excluding carboxylic acids is 1. The minimum Gasteiger partial charge on any atom is -0.439 e. The molecule has 0 unspecified atom stereocenters. The molecule has 0 saturated heterocycles. The van der Waals surface area contributed by atoms with Crippen molar-refractivity contribution in [1.82, 2.24) is 10.3 Å². The molecule has 1 heterocycles. The van der Waals surface area contributed by atoms with E-state index in [1.165, 1.54) is 6.92 Å². The number of nitriles is 1. The summed E-state index contributed by atoms with van der Waals surface area (Å²) in [4.78, 5) is 15.3. The van der Waals surface area contributed by atoms with E-state index in [0.29, 0.717) is 17.2 Å². The largest absolute Gasteiger partial charge is 0.439 e. The fourth-order valence-corrected chi connectivity index (χ4v) is 2.51. The first kappa shape index (κ1) is 19.2. The Morgan fingerprint density at radius 3 is 2.81 bits per heavy atom. The highest BCUT2D eigenvalue weighted by molar-refractivity contribution is 5.73. The number of pyridine rings is 1. The second-order valence-electron chi connectivity index (χ2n) is 6.06. The third-order valence-electron chi connectivity index (χ3n) is 3.71. The molecular weight excluding hydrogens is 326 g/mol. The van der Waals surface area contributed by atoms with Gasteiger partial charge in [-0.25, -0.2) is 4.98 Å². The van der Waals surface area contributed by atoms with Crippen LogP contribution >= 0.6 is 0 Å². The third-order valence-corrected chi connectivity index (χ3v) is 3.71. The Hall–Kier alpha value is -3.13. The van der Waals surface area contributed by atoms with E-state index in [1.54, 1.807) is 18.3 Å². The minimum absolute atomic E-state index is 0.0468. The highest BCUT2D eigenvalue weighted by Gasteiger charge is 2.05. The summed E-state index contributed by atoms with van der Waals surface area (Å²) in [5, 5.41) is 12.1. The molecule has 1 amide bonds. The van der Waals surface area contributed by atoms with Gasteiger partial charge in [0.1, 0.15) is 5.75 Å². The molecule has 0 fully saturated rings. The molecular formula is C21H23N3O2. The summed E-state index contributed by atoms with van der Waals surface area (Å²) in [6.07, 6.45) is 7.35. The third kappa shape index (κ3) is 5.75. The molecule has 5 nitrogen and oxygen atoms in total. The van der Waals surface area contributed by atoms with Crippen LogP contribution in [0.5, 0.6) is 11.6 Å². The number of carbonyl (C=O) groups is 1. The molecule has 0 saturated carbocycles. The van der Waals surface area contributed by atoms with Gasteiger partial charge in [-0.3, -0.25) is 4.79 Å². The Morgan fingerprint density at radius 2 is 2.19 bits per heavy atom. The first-order chi connectivity index (χ1) is 12.5. The fourth-order valence-electron chi connectivity index (χ4n) is 2.51. The van der Waals surface area contributed by atoms with Gasteiger partial charge in [0.25, 0.3) is 0 Å². The number of rotatable bonds is 7. The van der Waals surface area contributed by atoms with Gasteiger partial charge in [-0.2, -0.15) is 5.26 Å². The first-order valence-corrected chi connectivity index (χ1v) is 8.64. The Balaban J connectivity index is 2.04. The molecule has 0 radical (unpaired) electrons. The van der Waals surface area contributed by atoms with Crippen LogP contribution in [-0.2, 0) is 11.2 Å². The van der Waals surface area contributed by atoms with Crippen LogP contribution in [0.25, 0.3) is 6.08 Å². The summed E-state index contributed by atoms with van der Waals surface area (Å²) < 4.78 is 5.74. The molecule has 0 spiro atoms. The van der Waals surface area contributed by atoms with Crippen molar-refractivity contribution in [1.29, 1.82) is 5.26 Å². The number of aromatic nitrogens is 1. The molecule has 5 heteroatoms. The summed E-state index contributed by atoms with van der Waals surface area (Å²) in [6.45, 7) is 5.48. The first-order valence-electron chi connectivity index (χ1n) is 8.64. The van der Waals surface area contributed by atoms with E-state index in [2.05, 4.69) is 23.3 Å². The molecule has 1 aromatic heterocycles. The summed E-state index contributed by atoms with van der Waals surface area (Å²) in [6, 6.07) is 11.4. The quantitative estimate of drug-likeness (QED) is 0.811. The van der Waals surface area contributed by atoms with E-state index in [-0.39, 0.29) is 11.9 Å². The molecule has 1 atom stereocenters. The van der Waals surface area contributed by atoms with Crippen LogP contribution in [-0.4, -0.2) is 16.9 Å². The van der Waals surface area contributed by atoms with Crippen molar-refractivity contribution in [2.75, 3.05) is 0 Å². The number of nitrogens with one attached hydrogen (secondary N) is 1. The molecule has 1 aromatic carbocycles. The molecule has 1 N–H and O–H groups in total. The van der Waals surface area contributed by atoms with Crippen LogP contribution in [0, 0.1) is 11.3 Å². The van der Waals surface area contributed by atoms with Gasteiger partial charge >= 0.3 is 0 Å². The zero-order chi connectivity index (χ0) is 18.9. The normalized spacial score (nSPS) is 11.8. The Morgan fingerprint density at radius 1 is 1.38 bits per heavy atom. The van der Waals surface area contributed by atoms with Crippen molar-refractivity contribution in [2.45, 2.75) is 39.7 Å².